The van der Waals surface area contributed by atoms with E-state index in [9.17, 15) is 14.3 Å². The molecule has 34 heavy (non-hydrogen) atoms. The highest BCUT2D eigenvalue weighted by molar-refractivity contribution is 5.85. The molecule has 1 aromatic carbocycles. The summed E-state index contributed by atoms with van der Waals surface area (Å²) in [6.45, 7) is 8.89. The predicted molar refractivity (Wildman–Crippen MR) is 128 cm³/mol. The first-order valence-corrected chi connectivity index (χ1v) is 12.3. The third-order valence-corrected chi connectivity index (χ3v) is 7.70. The molecule has 2 fully saturated rings. The molecule has 2 unspecified atom stereocenters. The molecule has 3 heterocycles. The van der Waals surface area contributed by atoms with E-state index in [1.54, 1.807) is 6.07 Å². The number of halogens is 1. The summed E-state index contributed by atoms with van der Waals surface area (Å²) in [5.41, 5.74) is 2.46. The van der Waals surface area contributed by atoms with Crippen molar-refractivity contribution >= 4 is 11.7 Å². The van der Waals surface area contributed by atoms with Crippen LogP contribution in [0.1, 0.15) is 74.8 Å². The number of nitrogens with one attached hydrogen (secondary N) is 1. The first-order chi connectivity index (χ1) is 16.2. The second kappa shape index (κ2) is 8.89. The number of rotatable bonds is 4. The number of carbonyl (C=O) groups is 1. The molecule has 0 saturated carbocycles. The number of hydrogen-bond acceptors (Lipinski definition) is 6. The summed E-state index contributed by atoms with van der Waals surface area (Å²) in [4.78, 5) is 26.8. The second-order valence-electron chi connectivity index (χ2n) is 10.7. The Bertz CT molecular complexity index is 1070. The average Bonchev–Trinajstić information content (AvgIpc) is 3.32. The van der Waals surface area contributed by atoms with Crippen molar-refractivity contribution in [2.24, 2.45) is 0 Å². The van der Waals surface area contributed by atoms with Crippen molar-refractivity contribution in [3.63, 3.8) is 0 Å². The number of aliphatic hydroxyl groups excluding tert-OH is 1. The highest BCUT2D eigenvalue weighted by Crippen LogP contribution is 2.43. The van der Waals surface area contributed by atoms with Gasteiger partial charge in [0, 0.05) is 43.3 Å². The molecule has 2 aromatic rings. The van der Waals surface area contributed by atoms with Crippen molar-refractivity contribution in [3.05, 3.63) is 53.2 Å². The zero-order chi connectivity index (χ0) is 24.0. The molecule has 2 saturated heterocycles. The molecular formula is C26H34FN5O2. The number of hydrogen-bond donors (Lipinski definition) is 2. The molecule has 0 bridgehead atoms. The van der Waals surface area contributed by atoms with Gasteiger partial charge in [0.2, 0.25) is 5.91 Å². The molecule has 7 nitrogen and oxygen atoms in total. The highest BCUT2D eigenvalue weighted by atomic mass is 19.1. The monoisotopic (exact) mass is 467 g/mol. The largest absolute Gasteiger partial charge is 0.387 e. The van der Waals surface area contributed by atoms with Crippen LogP contribution in [-0.4, -0.2) is 63.6 Å². The van der Waals surface area contributed by atoms with E-state index in [-0.39, 0.29) is 29.2 Å². The minimum absolute atomic E-state index is 0.0187. The van der Waals surface area contributed by atoms with E-state index < -0.39 is 12.0 Å². The fourth-order valence-electron chi connectivity index (χ4n) is 5.95. The van der Waals surface area contributed by atoms with Crippen molar-refractivity contribution in [2.45, 2.75) is 69.6 Å². The van der Waals surface area contributed by atoms with E-state index in [4.69, 9.17) is 0 Å². The van der Waals surface area contributed by atoms with Crippen LogP contribution in [0.25, 0.3) is 0 Å². The lowest BCUT2D eigenvalue weighted by Crippen LogP contribution is -2.53. The fourth-order valence-corrected chi connectivity index (χ4v) is 5.95. The normalized spacial score (nSPS) is 27.0. The third kappa shape index (κ3) is 4.29. The molecule has 182 valence electrons. The second-order valence-corrected chi connectivity index (χ2v) is 10.7. The Morgan fingerprint density at radius 2 is 2.00 bits per heavy atom. The number of piperazine rings is 1. The topological polar surface area (TPSA) is 81.6 Å². The number of aliphatic hydroxyl groups is 1. The lowest BCUT2D eigenvalue weighted by Gasteiger charge is -2.39. The van der Waals surface area contributed by atoms with Gasteiger partial charge in [-0.15, -0.1) is 0 Å². The molecule has 4 atom stereocenters. The Morgan fingerprint density at radius 1 is 1.24 bits per heavy atom. The van der Waals surface area contributed by atoms with Crippen molar-refractivity contribution in [3.8, 4) is 0 Å². The van der Waals surface area contributed by atoms with Crippen molar-refractivity contribution in [1.29, 1.82) is 0 Å². The first-order valence-electron chi connectivity index (χ1n) is 12.3. The van der Waals surface area contributed by atoms with Gasteiger partial charge in [0.25, 0.3) is 0 Å². The summed E-state index contributed by atoms with van der Waals surface area (Å²) < 4.78 is 14.1. The Hall–Kier alpha value is -2.58. The minimum Gasteiger partial charge on any atom is -0.387 e. The van der Waals surface area contributed by atoms with Gasteiger partial charge in [-0.05, 0) is 56.7 Å². The minimum atomic E-state index is -0.537. The summed E-state index contributed by atoms with van der Waals surface area (Å²) >= 11 is 0. The summed E-state index contributed by atoms with van der Waals surface area (Å²) in [6, 6.07) is 6.46. The molecule has 0 spiro atoms. The summed E-state index contributed by atoms with van der Waals surface area (Å²) in [6.07, 6.45) is 3.52. The molecule has 0 radical (unpaired) electrons. The SMILES string of the molecule is C[C@@H]1C[C@@H](O)c2ncnc(N3CCN(C(=O)C(c4cccc(F)c4)C4CCC(C)(C)N4)CC3)c21. The number of fused-ring (bicyclic) bond motifs is 1. The molecule has 8 heteroatoms. The maximum atomic E-state index is 14.1. The lowest BCUT2D eigenvalue weighted by molar-refractivity contribution is -0.133. The van der Waals surface area contributed by atoms with Crippen LogP contribution in [0.5, 0.6) is 0 Å². The van der Waals surface area contributed by atoms with Crippen LogP contribution in [0, 0.1) is 5.82 Å². The van der Waals surface area contributed by atoms with Crippen LogP contribution in [0.3, 0.4) is 0 Å². The van der Waals surface area contributed by atoms with Gasteiger partial charge < -0.3 is 20.2 Å². The van der Waals surface area contributed by atoms with Gasteiger partial charge in [0.05, 0.1) is 17.7 Å². The quantitative estimate of drug-likeness (QED) is 0.719. The number of carbonyl (C=O) groups excluding carboxylic acids is 1. The number of anilines is 1. The zero-order valence-electron chi connectivity index (χ0n) is 20.2. The molecule has 2 N–H and O–H groups in total. The molecule has 1 amide bonds. The lowest BCUT2D eigenvalue weighted by atomic mass is 9.88. The van der Waals surface area contributed by atoms with Crippen molar-refractivity contribution in [1.82, 2.24) is 20.2 Å². The van der Waals surface area contributed by atoms with E-state index in [2.05, 4.69) is 41.0 Å². The Kier molecular flexibility index (Phi) is 6.06. The van der Waals surface area contributed by atoms with Gasteiger partial charge in [0.1, 0.15) is 18.0 Å². The van der Waals surface area contributed by atoms with Crippen molar-refractivity contribution in [2.75, 3.05) is 31.1 Å². The van der Waals surface area contributed by atoms with E-state index in [0.29, 0.717) is 32.6 Å². The number of nitrogens with zero attached hydrogens (tertiary/aromatic N) is 4. The van der Waals surface area contributed by atoms with Gasteiger partial charge in [-0.3, -0.25) is 4.79 Å². The van der Waals surface area contributed by atoms with Crippen LogP contribution in [0.4, 0.5) is 10.2 Å². The van der Waals surface area contributed by atoms with E-state index in [0.717, 1.165) is 35.5 Å². The van der Waals surface area contributed by atoms with Gasteiger partial charge >= 0.3 is 0 Å². The summed E-state index contributed by atoms with van der Waals surface area (Å²) in [7, 11) is 0. The Labute approximate surface area is 200 Å². The molecule has 2 aliphatic heterocycles. The zero-order valence-corrected chi connectivity index (χ0v) is 20.2. The predicted octanol–water partition coefficient (Wildman–Crippen LogP) is 3.12. The summed E-state index contributed by atoms with van der Waals surface area (Å²) in [5, 5.41) is 13.9. The maximum absolute atomic E-state index is 14.1. The molecule has 5 rings (SSSR count). The molecular weight excluding hydrogens is 433 g/mol. The van der Waals surface area contributed by atoms with Crippen LogP contribution >= 0.6 is 0 Å². The third-order valence-electron chi connectivity index (χ3n) is 7.70. The molecule has 1 aromatic heterocycles. The Morgan fingerprint density at radius 3 is 2.68 bits per heavy atom. The molecule has 3 aliphatic rings. The van der Waals surface area contributed by atoms with Crippen LogP contribution in [-0.2, 0) is 4.79 Å². The van der Waals surface area contributed by atoms with Gasteiger partial charge in [-0.1, -0.05) is 19.1 Å². The van der Waals surface area contributed by atoms with E-state index in [1.807, 2.05) is 11.0 Å². The molecule has 1 aliphatic carbocycles. The highest BCUT2D eigenvalue weighted by Gasteiger charge is 2.41. The number of benzene rings is 1. The van der Waals surface area contributed by atoms with Gasteiger partial charge in [-0.2, -0.15) is 0 Å². The standard InChI is InChI=1S/C26H34FN5O2/c1-16-13-20(33)23-21(16)24(29-15-28-23)31-9-11-32(12-10-31)25(34)22(17-5-4-6-18(27)14-17)19-7-8-26(2,3)30-19/h4-6,14-16,19-20,22,30,33H,7-13H2,1-3H3/t16-,19?,20-,22?/m1/s1. The first kappa shape index (κ1) is 23.2. The fraction of sp³-hybridized carbons (Fsp3) is 0.577. The van der Waals surface area contributed by atoms with E-state index >= 15 is 0 Å². The van der Waals surface area contributed by atoms with Crippen LogP contribution in [0.15, 0.2) is 30.6 Å². The van der Waals surface area contributed by atoms with Gasteiger partial charge in [-0.25, -0.2) is 14.4 Å². The van der Waals surface area contributed by atoms with E-state index in [1.165, 1.54) is 18.5 Å². The number of aromatic nitrogens is 2. The smallest absolute Gasteiger partial charge is 0.231 e. The van der Waals surface area contributed by atoms with Gasteiger partial charge in [0.15, 0.2) is 0 Å². The van der Waals surface area contributed by atoms with Crippen molar-refractivity contribution < 1.29 is 14.3 Å². The van der Waals surface area contributed by atoms with Crippen LogP contribution < -0.4 is 10.2 Å². The summed E-state index contributed by atoms with van der Waals surface area (Å²) in [5.74, 6) is 0.406. The maximum Gasteiger partial charge on any atom is 0.231 e. The average molecular weight is 468 g/mol. The Balaban J connectivity index is 1.34. The van der Waals surface area contributed by atoms with Crippen LogP contribution in [0.2, 0.25) is 0 Å². The number of amides is 1.